The molecule has 0 aliphatic carbocycles. The average molecular weight is 1030 g/mol. The first-order valence-electron chi connectivity index (χ1n) is 30.0. The predicted octanol–water partition coefficient (Wildman–Crippen LogP) is 18.7. The van der Waals surface area contributed by atoms with E-state index in [-0.39, 0.29) is 32.0 Å². The maximum atomic E-state index is 12.7. The zero-order chi connectivity index (χ0) is 52.7. The Morgan fingerprint density at radius 1 is 0.444 bits per heavy atom. The highest BCUT2D eigenvalue weighted by molar-refractivity contribution is 7.47. The van der Waals surface area contributed by atoms with Crippen LogP contribution in [0.15, 0.2) is 60.8 Å². The number of quaternary nitrogens is 1. The lowest BCUT2D eigenvalue weighted by Gasteiger charge is -2.24. The molecule has 2 atom stereocenters. The molecule has 0 aliphatic rings. The summed E-state index contributed by atoms with van der Waals surface area (Å²) in [5.74, 6) is -0.886. The molecule has 0 saturated heterocycles. The predicted molar refractivity (Wildman–Crippen MR) is 307 cm³/mol. The maximum absolute atomic E-state index is 12.7. The van der Waals surface area contributed by atoms with Crippen molar-refractivity contribution < 1.29 is 42.1 Å². The monoisotopic (exact) mass is 1030 g/mol. The smallest absolute Gasteiger partial charge is 0.462 e. The summed E-state index contributed by atoms with van der Waals surface area (Å²) in [6, 6.07) is 0. The number of carbonyl (C=O) groups excluding carboxylic acids is 2. The van der Waals surface area contributed by atoms with Crippen molar-refractivity contribution in [3.05, 3.63) is 60.8 Å². The molecule has 0 aromatic rings. The zero-order valence-corrected chi connectivity index (χ0v) is 48.6. The number of carbonyl (C=O) groups is 2. The van der Waals surface area contributed by atoms with E-state index >= 15 is 0 Å². The van der Waals surface area contributed by atoms with Crippen molar-refractivity contribution in [1.29, 1.82) is 0 Å². The summed E-state index contributed by atoms with van der Waals surface area (Å²) in [6.07, 6.45) is 69.3. The lowest BCUT2D eigenvalue weighted by atomic mass is 10.0. The third-order valence-electron chi connectivity index (χ3n) is 13.0. The summed E-state index contributed by atoms with van der Waals surface area (Å²) in [5, 5.41) is 0. The molecule has 0 aliphatic heterocycles. The van der Waals surface area contributed by atoms with Gasteiger partial charge in [-0.2, -0.15) is 0 Å². The Morgan fingerprint density at radius 3 is 1.24 bits per heavy atom. The van der Waals surface area contributed by atoms with Gasteiger partial charge in [0.1, 0.15) is 19.8 Å². The van der Waals surface area contributed by atoms with Gasteiger partial charge in [0.25, 0.3) is 0 Å². The fourth-order valence-corrected chi connectivity index (χ4v) is 9.18. The molecular formula is C62H115NO8P+. The van der Waals surface area contributed by atoms with Crippen LogP contribution in [0.3, 0.4) is 0 Å². The van der Waals surface area contributed by atoms with Crippen LogP contribution in [0.4, 0.5) is 0 Å². The molecule has 0 amide bonds. The summed E-state index contributed by atoms with van der Waals surface area (Å²) in [7, 11) is 1.44. The molecule has 0 fully saturated rings. The molecule has 0 aromatic carbocycles. The Labute approximate surface area is 445 Å². The number of phosphoric acid groups is 1. The first-order chi connectivity index (χ1) is 35.0. The number of nitrogens with zero attached hydrogens (tertiary/aromatic N) is 1. The molecule has 0 aromatic heterocycles. The van der Waals surface area contributed by atoms with E-state index < -0.39 is 26.5 Å². The molecule has 72 heavy (non-hydrogen) atoms. The summed E-state index contributed by atoms with van der Waals surface area (Å²) in [6.45, 7) is 4.25. The summed E-state index contributed by atoms with van der Waals surface area (Å²) in [4.78, 5) is 35.5. The summed E-state index contributed by atoms with van der Waals surface area (Å²) >= 11 is 0. The average Bonchev–Trinajstić information content (AvgIpc) is 3.34. The number of rotatable bonds is 55. The third-order valence-corrected chi connectivity index (χ3v) is 14.0. The van der Waals surface area contributed by atoms with E-state index in [0.717, 1.165) is 44.9 Å². The standard InChI is InChI=1S/C62H114NO8P/c1-6-8-10-12-14-16-18-20-21-22-23-24-25-26-27-28-29-30-31-32-33-34-35-36-37-38-39-40-41-43-44-46-48-50-52-54-61(64)68-58-60(59-70-72(66,67)69-57-56-63(3,4)5)71-62(65)55-53-51-49-47-45-42-19-17-15-13-11-9-7-2/h9,11,15,17,22-23,42,45,49,51,60H,6-8,10,12-14,16,18-21,24-41,43-44,46-48,50,52-59H2,1-5H3/p+1/b11-9-,17-15-,23-22-,45-42-,51-49-. The van der Waals surface area contributed by atoms with Crippen LogP contribution >= 0.6 is 7.82 Å². The fourth-order valence-electron chi connectivity index (χ4n) is 8.44. The lowest BCUT2D eigenvalue weighted by Crippen LogP contribution is -2.37. The number of unbranched alkanes of at least 4 members (excludes halogenated alkanes) is 31. The Balaban J connectivity index is 3.94. The normalized spacial score (nSPS) is 13.7. The van der Waals surface area contributed by atoms with Crippen LogP contribution in [0.5, 0.6) is 0 Å². The zero-order valence-electron chi connectivity index (χ0n) is 47.7. The van der Waals surface area contributed by atoms with Crippen molar-refractivity contribution in [1.82, 2.24) is 0 Å². The van der Waals surface area contributed by atoms with Crippen LogP contribution in [0.25, 0.3) is 0 Å². The van der Waals surface area contributed by atoms with Crippen molar-refractivity contribution in [3.8, 4) is 0 Å². The molecule has 10 heteroatoms. The molecular weight excluding hydrogens is 918 g/mol. The van der Waals surface area contributed by atoms with E-state index in [2.05, 4.69) is 62.5 Å². The lowest BCUT2D eigenvalue weighted by molar-refractivity contribution is -0.870. The number of likely N-dealkylation sites (N-methyl/N-ethyl adjacent to an activating group) is 1. The topological polar surface area (TPSA) is 108 Å². The second kappa shape index (κ2) is 53.5. The minimum absolute atomic E-state index is 0.0184. The van der Waals surface area contributed by atoms with Crippen molar-refractivity contribution in [3.63, 3.8) is 0 Å². The second-order valence-electron chi connectivity index (χ2n) is 21.4. The van der Waals surface area contributed by atoms with E-state index in [4.69, 9.17) is 18.5 Å². The number of hydrogen-bond acceptors (Lipinski definition) is 7. The Kier molecular flexibility index (Phi) is 51.8. The van der Waals surface area contributed by atoms with Gasteiger partial charge in [-0.3, -0.25) is 18.6 Å². The van der Waals surface area contributed by atoms with E-state index in [0.29, 0.717) is 17.4 Å². The van der Waals surface area contributed by atoms with Crippen LogP contribution in [-0.4, -0.2) is 74.9 Å². The van der Waals surface area contributed by atoms with Gasteiger partial charge in [-0.05, 0) is 64.2 Å². The van der Waals surface area contributed by atoms with E-state index in [9.17, 15) is 19.0 Å². The van der Waals surface area contributed by atoms with Gasteiger partial charge in [0.15, 0.2) is 6.10 Å². The van der Waals surface area contributed by atoms with Crippen LogP contribution in [0.1, 0.15) is 271 Å². The molecule has 0 saturated carbocycles. The maximum Gasteiger partial charge on any atom is 0.472 e. The first kappa shape index (κ1) is 69.7. The van der Waals surface area contributed by atoms with Gasteiger partial charge in [0.2, 0.25) is 0 Å². The Bertz CT molecular complexity index is 1400. The minimum Gasteiger partial charge on any atom is -0.462 e. The van der Waals surface area contributed by atoms with Gasteiger partial charge in [0.05, 0.1) is 27.7 Å². The molecule has 1 N–H and O–H groups in total. The fraction of sp³-hybridized carbons (Fsp3) is 0.806. The van der Waals surface area contributed by atoms with E-state index in [1.807, 2.05) is 33.3 Å². The number of allylic oxidation sites excluding steroid dienone is 10. The Morgan fingerprint density at radius 2 is 0.819 bits per heavy atom. The number of phosphoric ester groups is 1. The number of ether oxygens (including phenoxy) is 2. The molecule has 420 valence electrons. The van der Waals surface area contributed by atoms with Crippen LogP contribution in [0.2, 0.25) is 0 Å². The summed E-state index contributed by atoms with van der Waals surface area (Å²) < 4.78 is 34.4. The van der Waals surface area contributed by atoms with Crippen molar-refractivity contribution in [2.24, 2.45) is 0 Å². The van der Waals surface area contributed by atoms with Crippen molar-refractivity contribution >= 4 is 19.8 Å². The molecule has 0 bridgehead atoms. The van der Waals surface area contributed by atoms with E-state index in [1.54, 1.807) is 0 Å². The molecule has 0 spiro atoms. The quantitative estimate of drug-likeness (QED) is 0.0211. The van der Waals surface area contributed by atoms with Gasteiger partial charge < -0.3 is 18.9 Å². The number of esters is 2. The van der Waals surface area contributed by atoms with Gasteiger partial charge >= 0.3 is 19.8 Å². The van der Waals surface area contributed by atoms with E-state index in [1.165, 1.54) is 193 Å². The van der Waals surface area contributed by atoms with Crippen LogP contribution in [-0.2, 0) is 32.7 Å². The van der Waals surface area contributed by atoms with Gasteiger partial charge in [0, 0.05) is 12.8 Å². The Hall–Kier alpha value is -2.29. The SMILES string of the molecule is CC/C=C\C/C=C\C/C=C\C/C=C\CCC(=O)OC(COC(=O)CCCCCCCCCCCCCCCCCCCCCCCCC/C=C\CCCCCCCCCC)COP(=O)(O)OCC[N+](C)(C)C. The highest BCUT2D eigenvalue weighted by Gasteiger charge is 2.27. The van der Waals surface area contributed by atoms with Crippen molar-refractivity contribution in [2.75, 3.05) is 47.5 Å². The first-order valence-corrected chi connectivity index (χ1v) is 31.5. The summed E-state index contributed by atoms with van der Waals surface area (Å²) in [5.41, 5.74) is 0. The highest BCUT2D eigenvalue weighted by atomic mass is 31.2. The molecule has 0 radical (unpaired) electrons. The minimum atomic E-state index is -4.40. The molecule has 9 nitrogen and oxygen atoms in total. The van der Waals surface area contributed by atoms with Gasteiger partial charge in [-0.15, -0.1) is 0 Å². The van der Waals surface area contributed by atoms with Gasteiger partial charge in [-0.1, -0.05) is 254 Å². The largest absolute Gasteiger partial charge is 0.472 e. The molecule has 0 heterocycles. The molecule has 0 rings (SSSR count). The number of hydrogen-bond donors (Lipinski definition) is 1. The third kappa shape index (κ3) is 57.0. The second-order valence-corrected chi connectivity index (χ2v) is 22.8. The van der Waals surface area contributed by atoms with Gasteiger partial charge in [-0.25, -0.2) is 4.57 Å². The highest BCUT2D eigenvalue weighted by Crippen LogP contribution is 2.43. The molecule has 2 unspecified atom stereocenters. The van der Waals surface area contributed by atoms with Crippen LogP contribution in [0, 0.1) is 0 Å². The van der Waals surface area contributed by atoms with Crippen molar-refractivity contribution in [2.45, 2.75) is 277 Å². The van der Waals surface area contributed by atoms with Crippen LogP contribution < -0.4 is 0 Å².